The predicted octanol–water partition coefficient (Wildman–Crippen LogP) is 1.12. The zero-order valence-corrected chi connectivity index (χ0v) is 11.4. The molecule has 1 fully saturated rings. The second kappa shape index (κ2) is 5.93. The van der Waals surface area contributed by atoms with Gasteiger partial charge in [-0.1, -0.05) is 0 Å². The lowest BCUT2D eigenvalue weighted by molar-refractivity contribution is 0.0784. The summed E-state index contributed by atoms with van der Waals surface area (Å²) in [5.41, 5.74) is 6.22. The highest BCUT2D eigenvalue weighted by atomic mass is 16.5. The summed E-state index contributed by atoms with van der Waals surface area (Å²) in [5, 5.41) is 0. The summed E-state index contributed by atoms with van der Waals surface area (Å²) in [4.78, 5) is 14.3. The second-order valence-corrected chi connectivity index (χ2v) is 4.71. The topological polar surface area (TPSA) is 64.8 Å². The SMILES string of the molecule is COc1ccc(C(=O)N2CCC(CN)C2)c(OC)c1. The molecule has 1 aromatic rings. The van der Waals surface area contributed by atoms with Gasteiger partial charge < -0.3 is 20.1 Å². The lowest BCUT2D eigenvalue weighted by atomic mass is 10.1. The molecule has 2 rings (SSSR count). The second-order valence-electron chi connectivity index (χ2n) is 4.71. The summed E-state index contributed by atoms with van der Waals surface area (Å²) in [7, 11) is 3.14. The lowest BCUT2D eigenvalue weighted by Gasteiger charge is -2.18. The van der Waals surface area contributed by atoms with Gasteiger partial charge in [0.15, 0.2) is 0 Å². The summed E-state index contributed by atoms with van der Waals surface area (Å²) < 4.78 is 10.4. The van der Waals surface area contributed by atoms with Gasteiger partial charge in [0.2, 0.25) is 0 Å². The Morgan fingerprint density at radius 2 is 2.21 bits per heavy atom. The fraction of sp³-hybridized carbons (Fsp3) is 0.500. The first-order chi connectivity index (χ1) is 9.19. The maximum absolute atomic E-state index is 12.5. The van der Waals surface area contributed by atoms with Crippen molar-refractivity contribution in [3.8, 4) is 11.5 Å². The number of nitrogens with two attached hydrogens (primary N) is 1. The maximum atomic E-state index is 12.5. The van der Waals surface area contributed by atoms with Crippen LogP contribution in [0.3, 0.4) is 0 Å². The molecule has 5 nitrogen and oxygen atoms in total. The van der Waals surface area contributed by atoms with E-state index in [2.05, 4.69) is 0 Å². The van der Waals surface area contributed by atoms with Gasteiger partial charge in [0.05, 0.1) is 19.8 Å². The molecule has 0 aliphatic carbocycles. The Morgan fingerprint density at radius 1 is 1.42 bits per heavy atom. The number of hydrogen-bond acceptors (Lipinski definition) is 4. The third-order valence-corrected chi connectivity index (χ3v) is 3.55. The van der Waals surface area contributed by atoms with E-state index in [1.54, 1.807) is 32.4 Å². The average molecular weight is 264 g/mol. The summed E-state index contributed by atoms with van der Waals surface area (Å²) in [6.07, 6.45) is 0.973. The van der Waals surface area contributed by atoms with E-state index in [9.17, 15) is 4.79 Å². The minimum absolute atomic E-state index is 0.00421. The zero-order chi connectivity index (χ0) is 13.8. The van der Waals surface area contributed by atoms with Gasteiger partial charge in [-0.2, -0.15) is 0 Å². The highest BCUT2D eigenvalue weighted by Gasteiger charge is 2.27. The van der Waals surface area contributed by atoms with Crippen LogP contribution in [0.1, 0.15) is 16.8 Å². The maximum Gasteiger partial charge on any atom is 0.257 e. The number of rotatable bonds is 4. The van der Waals surface area contributed by atoms with Crippen LogP contribution in [0.25, 0.3) is 0 Å². The van der Waals surface area contributed by atoms with Gasteiger partial charge in [0.1, 0.15) is 11.5 Å². The Kier molecular flexibility index (Phi) is 4.27. The van der Waals surface area contributed by atoms with E-state index in [-0.39, 0.29) is 5.91 Å². The number of ether oxygens (including phenoxy) is 2. The fourth-order valence-electron chi connectivity index (χ4n) is 2.36. The third-order valence-electron chi connectivity index (χ3n) is 3.55. The molecule has 0 radical (unpaired) electrons. The number of carbonyl (C=O) groups excluding carboxylic acids is 1. The molecule has 1 atom stereocenters. The summed E-state index contributed by atoms with van der Waals surface area (Å²) in [6, 6.07) is 5.24. The van der Waals surface area contributed by atoms with E-state index in [0.717, 1.165) is 19.5 Å². The first-order valence-corrected chi connectivity index (χ1v) is 6.41. The fourth-order valence-corrected chi connectivity index (χ4v) is 2.36. The van der Waals surface area contributed by atoms with Crippen molar-refractivity contribution in [2.24, 2.45) is 11.7 Å². The van der Waals surface area contributed by atoms with Gasteiger partial charge in [-0.15, -0.1) is 0 Å². The van der Waals surface area contributed by atoms with Gasteiger partial charge in [-0.3, -0.25) is 4.79 Å². The zero-order valence-electron chi connectivity index (χ0n) is 11.4. The molecule has 19 heavy (non-hydrogen) atoms. The first-order valence-electron chi connectivity index (χ1n) is 6.41. The normalized spacial score (nSPS) is 18.5. The Hall–Kier alpha value is -1.75. The van der Waals surface area contributed by atoms with Gasteiger partial charge in [0, 0.05) is 19.2 Å². The standard InChI is InChI=1S/C14H20N2O3/c1-18-11-3-4-12(13(7-11)19-2)14(17)16-6-5-10(8-15)9-16/h3-4,7,10H,5-6,8-9,15H2,1-2H3. The van der Waals surface area contributed by atoms with E-state index < -0.39 is 0 Å². The Morgan fingerprint density at radius 3 is 2.79 bits per heavy atom. The molecule has 5 heteroatoms. The average Bonchev–Trinajstić information content (AvgIpc) is 2.94. The van der Waals surface area contributed by atoms with Crippen molar-refractivity contribution in [2.75, 3.05) is 33.9 Å². The molecular formula is C14H20N2O3. The van der Waals surface area contributed by atoms with Crippen LogP contribution in [0.2, 0.25) is 0 Å². The van der Waals surface area contributed by atoms with Crippen LogP contribution in [0.15, 0.2) is 18.2 Å². The Balaban J connectivity index is 2.19. The molecule has 0 saturated carbocycles. The summed E-state index contributed by atoms with van der Waals surface area (Å²) in [6.45, 7) is 2.12. The van der Waals surface area contributed by atoms with E-state index in [1.807, 2.05) is 4.90 Å². The molecule has 0 spiro atoms. The molecule has 2 N–H and O–H groups in total. The van der Waals surface area contributed by atoms with Crippen LogP contribution in [-0.2, 0) is 0 Å². The van der Waals surface area contributed by atoms with Crippen molar-refractivity contribution in [1.29, 1.82) is 0 Å². The molecule has 1 aliphatic heterocycles. The van der Waals surface area contributed by atoms with Crippen LogP contribution in [-0.4, -0.2) is 44.7 Å². The van der Waals surface area contributed by atoms with Crippen LogP contribution in [0.5, 0.6) is 11.5 Å². The number of carbonyl (C=O) groups is 1. The van der Waals surface area contributed by atoms with Crippen molar-refractivity contribution in [1.82, 2.24) is 4.90 Å². The van der Waals surface area contributed by atoms with Gasteiger partial charge in [-0.05, 0) is 31.0 Å². The van der Waals surface area contributed by atoms with E-state index >= 15 is 0 Å². The molecule has 104 valence electrons. The Bertz CT molecular complexity index is 462. The Labute approximate surface area is 113 Å². The van der Waals surface area contributed by atoms with Crippen LogP contribution >= 0.6 is 0 Å². The third kappa shape index (κ3) is 2.81. The highest BCUT2D eigenvalue weighted by molar-refractivity contribution is 5.97. The van der Waals surface area contributed by atoms with Crippen molar-refractivity contribution in [3.05, 3.63) is 23.8 Å². The van der Waals surface area contributed by atoms with Crippen LogP contribution in [0, 0.1) is 5.92 Å². The molecule has 1 saturated heterocycles. The summed E-state index contributed by atoms with van der Waals surface area (Å²) in [5.74, 6) is 1.62. The molecule has 0 bridgehead atoms. The quantitative estimate of drug-likeness (QED) is 0.885. The first kappa shape index (κ1) is 13.7. The predicted molar refractivity (Wildman–Crippen MR) is 72.6 cm³/mol. The molecule has 1 heterocycles. The largest absolute Gasteiger partial charge is 0.497 e. The van der Waals surface area contributed by atoms with Crippen LogP contribution < -0.4 is 15.2 Å². The van der Waals surface area contributed by atoms with Crippen LogP contribution in [0.4, 0.5) is 0 Å². The van der Waals surface area contributed by atoms with E-state index in [4.69, 9.17) is 15.2 Å². The van der Waals surface area contributed by atoms with Crippen molar-refractivity contribution in [3.63, 3.8) is 0 Å². The number of nitrogens with zero attached hydrogens (tertiary/aromatic N) is 1. The molecular weight excluding hydrogens is 244 g/mol. The highest BCUT2D eigenvalue weighted by Crippen LogP contribution is 2.27. The monoisotopic (exact) mass is 264 g/mol. The van der Waals surface area contributed by atoms with E-state index in [1.165, 1.54) is 0 Å². The number of hydrogen-bond donors (Lipinski definition) is 1. The molecule has 1 unspecified atom stereocenters. The van der Waals surface area contributed by atoms with E-state index in [0.29, 0.717) is 29.5 Å². The smallest absolute Gasteiger partial charge is 0.257 e. The van der Waals surface area contributed by atoms with Gasteiger partial charge in [0.25, 0.3) is 5.91 Å². The number of likely N-dealkylation sites (tertiary alicyclic amines) is 1. The molecule has 1 aliphatic rings. The number of methoxy groups -OCH3 is 2. The number of benzene rings is 1. The molecule has 1 amide bonds. The van der Waals surface area contributed by atoms with Crippen molar-refractivity contribution in [2.45, 2.75) is 6.42 Å². The number of amides is 1. The van der Waals surface area contributed by atoms with Crippen molar-refractivity contribution >= 4 is 5.91 Å². The van der Waals surface area contributed by atoms with Gasteiger partial charge in [-0.25, -0.2) is 0 Å². The van der Waals surface area contributed by atoms with Gasteiger partial charge >= 0.3 is 0 Å². The minimum atomic E-state index is -0.00421. The molecule has 0 aromatic heterocycles. The summed E-state index contributed by atoms with van der Waals surface area (Å²) >= 11 is 0. The lowest BCUT2D eigenvalue weighted by Crippen LogP contribution is -2.30. The van der Waals surface area contributed by atoms with Crippen molar-refractivity contribution < 1.29 is 14.3 Å². The minimum Gasteiger partial charge on any atom is -0.497 e. The molecule has 1 aromatic carbocycles.